The van der Waals surface area contributed by atoms with E-state index < -0.39 is 19.0 Å². The predicted molar refractivity (Wildman–Crippen MR) is 70.3 cm³/mol. The van der Waals surface area contributed by atoms with Crippen molar-refractivity contribution in [1.29, 1.82) is 0 Å². The van der Waals surface area contributed by atoms with E-state index in [2.05, 4.69) is 26.2 Å². The molecular weight excluding hydrogens is 344 g/mol. The van der Waals surface area contributed by atoms with Gasteiger partial charge in [0.15, 0.2) is 0 Å². The molecule has 0 aliphatic heterocycles. The molecule has 0 radical (unpaired) electrons. The fourth-order valence-corrected chi connectivity index (χ4v) is 1.91. The summed E-state index contributed by atoms with van der Waals surface area (Å²) in [5.74, 6) is -4.12. The van der Waals surface area contributed by atoms with Crippen LogP contribution in [0, 0.1) is 0 Å². The van der Waals surface area contributed by atoms with Gasteiger partial charge in [-0.25, -0.2) is 8.78 Å². The van der Waals surface area contributed by atoms with Crippen LogP contribution in [0.3, 0.4) is 0 Å². The van der Waals surface area contributed by atoms with E-state index in [0.29, 0.717) is 6.42 Å². The van der Waals surface area contributed by atoms with E-state index in [1.165, 1.54) is 0 Å². The van der Waals surface area contributed by atoms with Crippen molar-refractivity contribution < 1.29 is 22.3 Å². The minimum atomic E-state index is -4.12. The van der Waals surface area contributed by atoms with E-state index in [0.717, 1.165) is 10.0 Å². The van der Waals surface area contributed by atoms with Crippen molar-refractivity contribution in [1.82, 2.24) is 10.3 Å². The lowest BCUT2D eigenvalue weighted by atomic mass is 10.1. The van der Waals surface area contributed by atoms with Crippen molar-refractivity contribution in [3.63, 3.8) is 0 Å². The molecule has 1 aromatic heterocycles. The molecular formula is C12H15BrF4N2O. The maximum Gasteiger partial charge on any atom is 0.330 e. The molecule has 1 unspecified atom stereocenters. The molecule has 0 amide bonds. The number of ether oxygens (including phenoxy) is 1. The molecule has 1 atom stereocenters. The van der Waals surface area contributed by atoms with Crippen molar-refractivity contribution in [2.45, 2.75) is 24.8 Å². The van der Waals surface area contributed by atoms with Gasteiger partial charge >= 0.3 is 12.3 Å². The van der Waals surface area contributed by atoms with Gasteiger partial charge in [0, 0.05) is 22.9 Å². The summed E-state index contributed by atoms with van der Waals surface area (Å²) in [4.78, 5) is 3.98. The zero-order chi connectivity index (χ0) is 15.2. The summed E-state index contributed by atoms with van der Waals surface area (Å²) in [6, 6.07) is 1.57. The van der Waals surface area contributed by atoms with Gasteiger partial charge in [0.25, 0.3) is 0 Å². The van der Waals surface area contributed by atoms with Gasteiger partial charge in [-0.2, -0.15) is 8.78 Å². The van der Waals surface area contributed by atoms with Crippen molar-refractivity contribution in [3.8, 4) is 0 Å². The second-order valence-corrected chi connectivity index (χ2v) is 5.19. The number of likely N-dealkylation sites (N-methyl/N-ethyl adjacent to an activating group) is 1. The minimum Gasteiger partial charge on any atom is -0.373 e. The van der Waals surface area contributed by atoms with Crippen molar-refractivity contribution in [2.24, 2.45) is 0 Å². The molecule has 1 rings (SSSR count). The van der Waals surface area contributed by atoms with Gasteiger partial charge in [-0.1, -0.05) is 0 Å². The minimum absolute atomic E-state index is 0.0919. The number of halogens is 5. The van der Waals surface area contributed by atoms with Crippen LogP contribution >= 0.6 is 15.9 Å². The topological polar surface area (TPSA) is 34.1 Å². The van der Waals surface area contributed by atoms with Gasteiger partial charge in [0.2, 0.25) is 0 Å². The van der Waals surface area contributed by atoms with E-state index in [-0.39, 0.29) is 12.6 Å². The Balaban J connectivity index is 2.44. The smallest absolute Gasteiger partial charge is 0.330 e. The standard InChI is InChI=1S/C12H15BrF4N2O/c1-18-10(3-8-2-9(13)5-19-4-8)6-20-7-12(16,17)11(14)15/h2,4-5,10-11,18H,3,6-7H2,1H3. The Morgan fingerprint density at radius 2 is 2.10 bits per heavy atom. The molecule has 0 bridgehead atoms. The average molecular weight is 359 g/mol. The van der Waals surface area contributed by atoms with E-state index in [9.17, 15) is 17.6 Å². The first-order chi connectivity index (χ1) is 9.35. The fourth-order valence-electron chi connectivity index (χ4n) is 1.50. The van der Waals surface area contributed by atoms with Gasteiger partial charge in [-0.15, -0.1) is 0 Å². The lowest BCUT2D eigenvalue weighted by molar-refractivity contribution is -0.166. The Kier molecular flexibility index (Phi) is 6.84. The number of aromatic nitrogens is 1. The van der Waals surface area contributed by atoms with E-state index in [4.69, 9.17) is 4.74 Å². The van der Waals surface area contributed by atoms with Gasteiger partial charge < -0.3 is 10.1 Å². The van der Waals surface area contributed by atoms with Gasteiger partial charge in [0.05, 0.1) is 6.61 Å². The van der Waals surface area contributed by atoms with Crippen LogP contribution in [-0.4, -0.2) is 43.6 Å². The van der Waals surface area contributed by atoms with Crippen LogP contribution in [0.15, 0.2) is 22.9 Å². The van der Waals surface area contributed by atoms with Gasteiger partial charge in [0.1, 0.15) is 6.61 Å². The van der Waals surface area contributed by atoms with Crippen LogP contribution in [0.1, 0.15) is 5.56 Å². The van der Waals surface area contributed by atoms with Crippen LogP contribution in [0.4, 0.5) is 17.6 Å². The van der Waals surface area contributed by atoms with Crippen molar-refractivity contribution in [3.05, 3.63) is 28.5 Å². The van der Waals surface area contributed by atoms with E-state index in [1.54, 1.807) is 19.4 Å². The number of hydrogen-bond acceptors (Lipinski definition) is 3. The number of pyridine rings is 1. The third-order valence-electron chi connectivity index (χ3n) is 2.58. The number of nitrogens with zero attached hydrogens (tertiary/aromatic N) is 1. The SMILES string of the molecule is CNC(COCC(F)(F)C(F)F)Cc1cncc(Br)c1. The second-order valence-electron chi connectivity index (χ2n) is 4.28. The molecule has 1 heterocycles. The van der Waals surface area contributed by atoms with Gasteiger partial charge in [-0.05, 0) is 41.0 Å². The molecule has 3 nitrogen and oxygen atoms in total. The normalized spacial score (nSPS) is 13.8. The molecule has 1 aromatic rings. The first-order valence-electron chi connectivity index (χ1n) is 5.85. The quantitative estimate of drug-likeness (QED) is 0.725. The first kappa shape index (κ1) is 17.3. The molecule has 0 saturated heterocycles. The number of nitrogens with one attached hydrogen (secondary N) is 1. The molecule has 0 aromatic carbocycles. The van der Waals surface area contributed by atoms with Crippen LogP contribution in [0.25, 0.3) is 0 Å². The maximum atomic E-state index is 12.7. The predicted octanol–water partition coefficient (Wildman–Crippen LogP) is 2.89. The highest BCUT2D eigenvalue weighted by Crippen LogP contribution is 2.23. The van der Waals surface area contributed by atoms with Crippen molar-refractivity contribution >= 4 is 15.9 Å². The number of rotatable bonds is 8. The third-order valence-corrected chi connectivity index (χ3v) is 3.02. The monoisotopic (exact) mass is 358 g/mol. The van der Waals surface area contributed by atoms with Crippen LogP contribution < -0.4 is 5.32 Å². The summed E-state index contributed by atoms with van der Waals surface area (Å²) >= 11 is 3.27. The third kappa shape index (κ3) is 5.72. The molecule has 0 aliphatic carbocycles. The Morgan fingerprint density at radius 1 is 1.40 bits per heavy atom. The molecule has 8 heteroatoms. The lowest BCUT2D eigenvalue weighted by Gasteiger charge is -2.19. The molecule has 1 N–H and O–H groups in total. The summed E-state index contributed by atoms with van der Waals surface area (Å²) in [6.45, 7) is -1.38. The van der Waals surface area contributed by atoms with Crippen LogP contribution in [-0.2, 0) is 11.2 Å². The Labute approximate surface area is 122 Å². The molecule has 20 heavy (non-hydrogen) atoms. The zero-order valence-electron chi connectivity index (χ0n) is 10.8. The highest BCUT2D eigenvalue weighted by molar-refractivity contribution is 9.10. The summed E-state index contributed by atoms with van der Waals surface area (Å²) in [5, 5.41) is 2.89. The summed E-state index contributed by atoms with van der Waals surface area (Å²) < 4.78 is 54.7. The molecule has 0 fully saturated rings. The van der Waals surface area contributed by atoms with Crippen LogP contribution in [0.5, 0.6) is 0 Å². The van der Waals surface area contributed by atoms with E-state index >= 15 is 0 Å². The van der Waals surface area contributed by atoms with Crippen molar-refractivity contribution in [2.75, 3.05) is 20.3 Å². The van der Waals surface area contributed by atoms with Gasteiger partial charge in [-0.3, -0.25) is 4.98 Å². The van der Waals surface area contributed by atoms with Crippen LogP contribution in [0.2, 0.25) is 0 Å². The Hall–Kier alpha value is -0.730. The first-order valence-corrected chi connectivity index (χ1v) is 6.65. The second kappa shape index (κ2) is 7.90. The summed E-state index contributed by atoms with van der Waals surface area (Å²) in [5.41, 5.74) is 0.878. The zero-order valence-corrected chi connectivity index (χ0v) is 12.3. The fraction of sp³-hybridized carbons (Fsp3) is 0.583. The Morgan fingerprint density at radius 3 is 2.65 bits per heavy atom. The number of hydrogen-bond donors (Lipinski definition) is 1. The largest absolute Gasteiger partial charge is 0.373 e. The van der Waals surface area contributed by atoms with E-state index in [1.807, 2.05) is 6.07 Å². The molecule has 114 valence electrons. The highest BCUT2D eigenvalue weighted by Gasteiger charge is 2.41. The molecule has 0 spiro atoms. The Bertz CT molecular complexity index is 420. The highest BCUT2D eigenvalue weighted by atomic mass is 79.9. The molecule has 0 saturated carbocycles. The maximum absolute atomic E-state index is 12.7. The lowest BCUT2D eigenvalue weighted by Crippen LogP contribution is -2.37. The molecule has 0 aliphatic rings. The summed E-state index contributed by atoms with van der Waals surface area (Å²) in [7, 11) is 1.64. The summed E-state index contributed by atoms with van der Waals surface area (Å²) in [6.07, 6.45) is 0.0358. The number of alkyl halides is 4. The average Bonchev–Trinajstić information content (AvgIpc) is 2.37.